The van der Waals surface area contributed by atoms with Crippen molar-refractivity contribution < 1.29 is 4.79 Å². The van der Waals surface area contributed by atoms with Crippen molar-refractivity contribution in [2.24, 2.45) is 0 Å². The number of nitrogens with zero attached hydrogens (tertiary/aromatic N) is 4. The number of anilines is 1. The van der Waals surface area contributed by atoms with Crippen LogP contribution in [0.4, 0.5) is 5.13 Å². The van der Waals surface area contributed by atoms with Gasteiger partial charge >= 0.3 is 0 Å². The molecule has 0 radical (unpaired) electrons. The van der Waals surface area contributed by atoms with E-state index >= 15 is 0 Å². The molecule has 10 heteroatoms. The van der Waals surface area contributed by atoms with Crippen LogP contribution in [-0.4, -0.2) is 25.7 Å². The average molecular weight is 389 g/mol. The molecule has 0 saturated heterocycles. The minimum atomic E-state index is -0.340. The third-order valence-electron chi connectivity index (χ3n) is 3.43. The molecule has 25 heavy (non-hydrogen) atoms. The lowest BCUT2D eigenvalue weighted by Crippen LogP contribution is -2.27. The third kappa shape index (κ3) is 3.11. The van der Waals surface area contributed by atoms with Crippen LogP contribution in [0.2, 0.25) is 0 Å². The molecule has 0 atom stereocenters. The highest BCUT2D eigenvalue weighted by atomic mass is 32.1. The summed E-state index contributed by atoms with van der Waals surface area (Å²) in [5.74, 6) is -0.340. The molecule has 0 unspecified atom stereocenters. The number of nitrogens with one attached hydrogen (secondary N) is 1. The number of thiophene rings is 2. The maximum absolute atomic E-state index is 12.8. The first-order valence-corrected chi connectivity index (χ1v) is 9.80. The molecule has 0 aromatic carbocycles. The molecule has 4 aromatic rings. The smallest absolute Gasteiger partial charge is 0.263 e. The van der Waals surface area contributed by atoms with Gasteiger partial charge in [0.1, 0.15) is 16.4 Å². The molecule has 1 N–H and O–H groups in total. The Hall–Kier alpha value is -2.43. The molecule has 7 nitrogen and oxygen atoms in total. The van der Waals surface area contributed by atoms with Crippen molar-refractivity contribution >= 4 is 55.3 Å². The van der Waals surface area contributed by atoms with E-state index in [0.717, 1.165) is 15.4 Å². The van der Waals surface area contributed by atoms with Gasteiger partial charge in [0.2, 0.25) is 11.0 Å². The van der Waals surface area contributed by atoms with E-state index in [1.54, 1.807) is 18.3 Å². The number of aryl methyl sites for hydroxylation is 1. The minimum Gasteiger partial charge on any atom is -0.299 e. The predicted octanol–water partition coefficient (Wildman–Crippen LogP) is 2.99. The molecule has 0 aliphatic carbocycles. The molecule has 1 amide bonds. The van der Waals surface area contributed by atoms with Crippen LogP contribution in [-0.2, 0) is 11.3 Å². The van der Waals surface area contributed by atoms with Gasteiger partial charge in [-0.3, -0.25) is 19.5 Å². The largest absolute Gasteiger partial charge is 0.299 e. The van der Waals surface area contributed by atoms with Crippen molar-refractivity contribution in [3.63, 3.8) is 0 Å². The van der Waals surface area contributed by atoms with Crippen LogP contribution < -0.4 is 10.9 Å². The Balaban J connectivity index is 1.66. The topological polar surface area (TPSA) is 89.8 Å². The summed E-state index contributed by atoms with van der Waals surface area (Å²) < 4.78 is 1.31. The Morgan fingerprint density at radius 3 is 2.92 bits per heavy atom. The van der Waals surface area contributed by atoms with Crippen molar-refractivity contribution in [2.45, 2.75) is 13.5 Å². The first kappa shape index (κ1) is 16.1. The summed E-state index contributed by atoms with van der Waals surface area (Å²) in [7, 11) is 0. The first-order chi connectivity index (χ1) is 12.1. The van der Waals surface area contributed by atoms with E-state index in [-0.39, 0.29) is 18.0 Å². The molecular formula is C15H11N5O2S3. The summed E-state index contributed by atoms with van der Waals surface area (Å²) in [6.45, 7) is 1.68. The lowest BCUT2D eigenvalue weighted by atomic mass is 10.2. The van der Waals surface area contributed by atoms with Gasteiger partial charge in [0.25, 0.3) is 5.56 Å². The van der Waals surface area contributed by atoms with Crippen molar-refractivity contribution in [3.05, 3.63) is 44.6 Å². The van der Waals surface area contributed by atoms with Crippen molar-refractivity contribution in [3.8, 4) is 10.4 Å². The second kappa shape index (κ2) is 6.47. The average Bonchev–Trinajstić information content (AvgIpc) is 3.30. The monoisotopic (exact) mass is 389 g/mol. The Bertz CT molecular complexity index is 1110. The zero-order valence-corrected chi connectivity index (χ0v) is 15.4. The van der Waals surface area contributed by atoms with Crippen molar-refractivity contribution in [2.75, 3.05) is 5.32 Å². The number of aromatic nitrogens is 4. The lowest BCUT2D eigenvalue weighted by Gasteiger charge is -2.05. The minimum absolute atomic E-state index is 0.125. The molecular weight excluding hydrogens is 378 g/mol. The normalized spacial score (nSPS) is 11.1. The summed E-state index contributed by atoms with van der Waals surface area (Å²) in [5, 5.41) is 16.0. The highest BCUT2D eigenvalue weighted by molar-refractivity contribution is 7.18. The Morgan fingerprint density at radius 1 is 1.32 bits per heavy atom. The number of carbonyl (C=O) groups excluding carboxylic acids is 1. The van der Waals surface area contributed by atoms with Gasteiger partial charge in [-0.25, -0.2) is 4.98 Å². The summed E-state index contributed by atoms with van der Waals surface area (Å²) in [6.07, 6.45) is 1.41. The quantitative estimate of drug-likeness (QED) is 0.579. The van der Waals surface area contributed by atoms with E-state index in [1.807, 2.05) is 22.9 Å². The maximum Gasteiger partial charge on any atom is 0.263 e. The van der Waals surface area contributed by atoms with Gasteiger partial charge in [-0.1, -0.05) is 17.4 Å². The number of amides is 1. The zero-order valence-electron chi connectivity index (χ0n) is 12.9. The highest BCUT2D eigenvalue weighted by Gasteiger charge is 2.15. The van der Waals surface area contributed by atoms with E-state index in [9.17, 15) is 9.59 Å². The molecule has 4 aromatic heterocycles. The third-order valence-corrected chi connectivity index (χ3v) is 5.98. The van der Waals surface area contributed by atoms with Gasteiger partial charge in [0.15, 0.2) is 0 Å². The van der Waals surface area contributed by atoms with Gasteiger partial charge in [0.05, 0.1) is 11.7 Å². The SMILES string of the molecule is Cc1nnc(NC(=O)Cn2cnc3scc(-c4cccs4)c3c2=O)s1. The van der Waals surface area contributed by atoms with E-state index in [2.05, 4.69) is 20.5 Å². The van der Waals surface area contributed by atoms with Crippen LogP contribution in [0.1, 0.15) is 5.01 Å². The molecule has 0 bridgehead atoms. The summed E-state index contributed by atoms with van der Waals surface area (Å²) in [5.41, 5.74) is 0.639. The number of carbonyl (C=O) groups is 1. The van der Waals surface area contributed by atoms with Crippen LogP contribution in [0.15, 0.2) is 34.0 Å². The Kier molecular flexibility index (Phi) is 4.15. The van der Waals surface area contributed by atoms with Gasteiger partial charge in [-0.05, 0) is 18.4 Å². The zero-order chi connectivity index (χ0) is 17.4. The van der Waals surface area contributed by atoms with E-state index < -0.39 is 0 Å². The van der Waals surface area contributed by atoms with E-state index in [1.165, 1.54) is 33.6 Å². The Labute approximate surface area is 153 Å². The van der Waals surface area contributed by atoms with Gasteiger partial charge in [-0.15, -0.1) is 32.9 Å². The Morgan fingerprint density at radius 2 is 2.20 bits per heavy atom. The molecule has 0 aliphatic rings. The molecule has 4 heterocycles. The standard InChI is InChI=1S/C15H11N5O2S3/c1-8-18-19-15(25-8)17-11(21)5-20-7-16-13-12(14(20)22)9(6-24-13)10-3-2-4-23-10/h2-4,6-7H,5H2,1H3,(H,17,19,21). The van der Waals surface area contributed by atoms with Gasteiger partial charge in [-0.2, -0.15) is 0 Å². The summed E-state index contributed by atoms with van der Waals surface area (Å²) >= 11 is 4.27. The van der Waals surface area contributed by atoms with Gasteiger partial charge in [0, 0.05) is 15.8 Å². The van der Waals surface area contributed by atoms with Crippen molar-refractivity contribution in [1.29, 1.82) is 0 Å². The van der Waals surface area contributed by atoms with Crippen LogP contribution in [0.25, 0.3) is 20.7 Å². The summed E-state index contributed by atoms with van der Waals surface area (Å²) in [4.78, 5) is 31.0. The summed E-state index contributed by atoms with van der Waals surface area (Å²) in [6, 6.07) is 3.91. The van der Waals surface area contributed by atoms with Crippen LogP contribution in [0.5, 0.6) is 0 Å². The fraction of sp³-hybridized carbons (Fsp3) is 0.133. The molecule has 4 rings (SSSR count). The second-order valence-electron chi connectivity index (χ2n) is 5.16. The number of hydrogen-bond acceptors (Lipinski definition) is 8. The number of hydrogen-bond donors (Lipinski definition) is 1. The fourth-order valence-electron chi connectivity index (χ4n) is 2.35. The number of fused-ring (bicyclic) bond motifs is 1. The predicted molar refractivity (Wildman–Crippen MR) is 100 cm³/mol. The van der Waals surface area contributed by atoms with Gasteiger partial charge < -0.3 is 0 Å². The lowest BCUT2D eigenvalue weighted by molar-refractivity contribution is -0.116. The molecule has 0 fully saturated rings. The van der Waals surface area contributed by atoms with Crippen LogP contribution in [0.3, 0.4) is 0 Å². The maximum atomic E-state index is 12.8. The van der Waals surface area contributed by atoms with E-state index in [4.69, 9.17) is 0 Å². The second-order valence-corrected chi connectivity index (χ2v) is 8.15. The van der Waals surface area contributed by atoms with Crippen LogP contribution >= 0.6 is 34.0 Å². The fourth-order valence-corrected chi connectivity index (χ4v) is 4.68. The molecule has 0 aliphatic heterocycles. The molecule has 0 saturated carbocycles. The highest BCUT2D eigenvalue weighted by Crippen LogP contribution is 2.33. The molecule has 126 valence electrons. The number of rotatable bonds is 4. The first-order valence-electron chi connectivity index (χ1n) is 7.22. The molecule has 0 spiro atoms. The van der Waals surface area contributed by atoms with Crippen LogP contribution in [0, 0.1) is 6.92 Å². The van der Waals surface area contributed by atoms with E-state index in [0.29, 0.717) is 15.3 Å². The van der Waals surface area contributed by atoms with Crippen molar-refractivity contribution in [1.82, 2.24) is 19.7 Å².